The molecule has 0 saturated heterocycles. The van der Waals surface area contributed by atoms with Gasteiger partial charge in [0.2, 0.25) is 11.8 Å². The zero-order valence-corrected chi connectivity index (χ0v) is 26.5. The topological polar surface area (TPSA) is 138 Å². The minimum atomic E-state index is -5.22. The minimum Gasteiger partial charge on any atom is -0.481 e. The molecule has 49 heavy (non-hydrogen) atoms. The molecule has 1 heterocycles. The number of carboxylic acids is 1. The Morgan fingerprint density at radius 1 is 0.857 bits per heavy atom. The van der Waals surface area contributed by atoms with E-state index in [2.05, 4.69) is 20.4 Å². The van der Waals surface area contributed by atoms with Crippen LogP contribution < -0.4 is 20.3 Å². The molecule has 0 radical (unpaired) electrons. The van der Waals surface area contributed by atoms with Crippen molar-refractivity contribution in [1.82, 2.24) is 10.3 Å². The number of unbranched alkanes of at least 4 members (excludes halogenated alkanes) is 1. The van der Waals surface area contributed by atoms with Gasteiger partial charge in [0.25, 0.3) is 0 Å². The van der Waals surface area contributed by atoms with Gasteiger partial charge in [-0.05, 0) is 72.9 Å². The number of halogens is 3. The third-order valence-electron chi connectivity index (χ3n) is 7.43. The number of pyridine rings is 1. The summed E-state index contributed by atoms with van der Waals surface area (Å²) in [6.07, 6.45) is -2.80. The van der Waals surface area contributed by atoms with Crippen molar-refractivity contribution in [2.45, 2.75) is 50.9 Å². The molecule has 3 aromatic carbocycles. The highest BCUT2D eigenvalue weighted by molar-refractivity contribution is 6.00. The van der Waals surface area contributed by atoms with Gasteiger partial charge in [0.1, 0.15) is 17.6 Å². The number of carbonyl (C=O) groups excluding carboxylic acids is 3. The Balaban J connectivity index is 1.55. The summed E-state index contributed by atoms with van der Waals surface area (Å²) in [7, 11) is 0. The van der Waals surface area contributed by atoms with Crippen molar-refractivity contribution in [3.05, 3.63) is 109 Å². The van der Waals surface area contributed by atoms with Crippen molar-refractivity contribution in [2.24, 2.45) is 0 Å². The quantitative estimate of drug-likeness (QED) is 0.0732. The van der Waals surface area contributed by atoms with Crippen molar-refractivity contribution < 1.29 is 42.2 Å². The molecule has 1 unspecified atom stereocenters. The number of aliphatic carboxylic acids is 1. The summed E-state index contributed by atoms with van der Waals surface area (Å²) in [5, 5.41) is 15.7. The SMILES string of the molecule is C[C@@H](NC(=O)CCCCNc1ccccn1)C(=O)N(c1ccc(OC(=O)C(F)(F)F)cc1)C(CC(=O)O)c1ccc(-c2ccccc2)cc1. The maximum Gasteiger partial charge on any atom is 0.491 e. The molecule has 3 N–H and O–H groups in total. The monoisotopic (exact) mass is 676 g/mol. The van der Waals surface area contributed by atoms with Crippen molar-refractivity contribution >= 4 is 35.3 Å². The Morgan fingerprint density at radius 3 is 2.12 bits per heavy atom. The lowest BCUT2D eigenvalue weighted by molar-refractivity contribution is -0.189. The number of benzene rings is 3. The highest BCUT2D eigenvalue weighted by Gasteiger charge is 2.41. The van der Waals surface area contributed by atoms with Crippen molar-refractivity contribution in [3.63, 3.8) is 0 Å². The molecule has 0 aliphatic rings. The molecule has 0 bridgehead atoms. The lowest BCUT2D eigenvalue weighted by atomic mass is 9.97. The largest absolute Gasteiger partial charge is 0.491 e. The molecule has 2 amide bonds. The van der Waals surface area contributed by atoms with Crippen LogP contribution in [0.4, 0.5) is 24.7 Å². The maximum atomic E-state index is 14.1. The van der Waals surface area contributed by atoms with Crippen molar-refractivity contribution in [3.8, 4) is 16.9 Å². The minimum absolute atomic E-state index is 0.108. The summed E-state index contributed by atoms with van der Waals surface area (Å²) in [6, 6.07) is 24.3. The summed E-state index contributed by atoms with van der Waals surface area (Å²) in [5.41, 5.74) is 2.34. The molecule has 0 aliphatic carbocycles. The van der Waals surface area contributed by atoms with E-state index in [-0.39, 0.29) is 12.1 Å². The summed E-state index contributed by atoms with van der Waals surface area (Å²) in [5.74, 6) is -4.41. The number of alkyl halides is 3. The number of ether oxygens (including phenoxy) is 1. The predicted octanol–water partition coefficient (Wildman–Crippen LogP) is 6.55. The Morgan fingerprint density at radius 2 is 1.51 bits per heavy atom. The highest BCUT2D eigenvalue weighted by atomic mass is 19.4. The molecule has 0 fully saturated rings. The third kappa shape index (κ3) is 10.6. The Labute approximate surface area is 280 Å². The molecule has 0 saturated carbocycles. The fourth-order valence-corrected chi connectivity index (χ4v) is 5.03. The molecule has 13 heteroatoms. The van der Waals surface area contributed by atoms with E-state index in [4.69, 9.17) is 0 Å². The number of carbonyl (C=O) groups is 4. The molecule has 10 nitrogen and oxygen atoms in total. The molecule has 2 atom stereocenters. The van der Waals surface area contributed by atoms with Gasteiger partial charge in [-0.15, -0.1) is 0 Å². The van der Waals surface area contributed by atoms with Gasteiger partial charge in [-0.1, -0.05) is 60.7 Å². The van der Waals surface area contributed by atoms with Gasteiger partial charge in [-0.2, -0.15) is 13.2 Å². The fraction of sp³-hybridized carbons (Fsp3) is 0.250. The number of amides is 2. The summed E-state index contributed by atoms with van der Waals surface area (Å²) in [4.78, 5) is 55.7. The van der Waals surface area contributed by atoms with Crippen LogP contribution in [0, 0.1) is 0 Å². The highest BCUT2D eigenvalue weighted by Crippen LogP contribution is 2.34. The van der Waals surface area contributed by atoms with E-state index in [1.54, 1.807) is 36.5 Å². The molecule has 0 spiro atoms. The lowest BCUT2D eigenvalue weighted by Crippen LogP contribution is -2.48. The summed E-state index contributed by atoms with van der Waals surface area (Å²) >= 11 is 0. The van der Waals surface area contributed by atoms with Crippen LogP contribution in [0.1, 0.15) is 44.2 Å². The number of aromatic nitrogens is 1. The van der Waals surface area contributed by atoms with E-state index in [9.17, 15) is 37.5 Å². The first-order valence-electron chi connectivity index (χ1n) is 15.5. The van der Waals surface area contributed by atoms with Crippen LogP contribution >= 0.6 is 0 Å². The van der Waals surface area contributed by atoms with Gasteiger partial charge in [0.15, 0.2) is 0 Å². The average molecular weight is 677 g/mol. The average Bonchev–Trinajstić information content (AvgIpc) is 3.08. The van der Waals surface area contributed by atoms with Crippen molar-refractivity contribution in [2.75, 3.05) is 16.8 Å². The Hall–Kier alpha value is -5.72. The van der Waals surface area contributed by atoms with E-state index in [1.807, 2.05) is 42.5 Å². The van der Waals surface area contributed by atoms with Crippen LogP contribution in [0.5, 0.6) is 5.75 Å². The third-order valence-corrected chi connectivity index (χ3v) is 7.43. The van der Waals surface area contributed by atoms with Gasteiger partial charge < -0.3 is 25.4 Å². The van der Waals surface area contributed by atoms with E-state index in [0.717, 1.165) is 23.3 Å². The van der Waals surface area contributed by atoms with Gasteiger partial charge in [0.05, 0.1) is 12.5 Å². The Kier molecular flexibility index (Phi) is 12.5. The van der Waals surface area contributed by atoms with Gasteiger partial charge in [-0.25, -0.2) is 9.78 Å². The van der Waals surface area contributed by atoms with E-state index < -0.39 is 54.2 Å². The summed E-state index contributed by atoms with van der Waals surface area (Å²) < 4.78 is 42.7. The lowest BCUT2D eigenvalue weighted by Gasteiger charge is -2.34. The van der Waals surface area contributed by atoms with Crippen LogP contribution in [-0.4, -0.2) is 52.6 Å². The molecule has 1 aromatic heterocycles. The maximum absolute atomic E-state index is 14.1. The molecule has 256 valence electrons. The Bertz CT molecular complexity index is 1700. The fourth-order valence-electron chi connectivity index (χ4n) is 5.03. The normalized spacial score (nSPS) is 12.3. The van der Waals surface area contributed by atoms with E-state index >= 15 is 0 Å². The molecule has 4 aromatic rings. The standard InChI is InChI=1S/C36H35F3N4O6/c1-24(42-32(44)12-6-8-22-41-31-11-5-7-21-40-31)34(47)43(28-17-19-29(20-18-28)49-35(48)36(37,38)39)30(23-33(45)46)27-15-13-26(14-16-27)25-9-3-2-4-10-25/h2-5,7,9-11,13-21,24,30H,6,8,12,22-23H2,1H3,(H,40,41)(H,42,44)(H,45,46)/t24-,30?/m1/s1. The first kappa shape index (κ1) is 36.1. The van der Waals surface area contributed by atoms with Gasteiger partial charge in [0, 0.05) is 24.8 Å². The van der Waals surface area contributed by atoms with Crippen LogP contribution in [0.3, 0.4) is 0 Å². The first-order valence-corrected chi connectivity index (χ1v) is 15.5. The number of hydrogen-bond acceptors (Lipinski definition) is 7. The van der Waals surface area contributed by atoms with Gasteiger partial charge in [-0.3, -0.25) is 14.4 Å². The molecule has 4 rings (SSSR count). The van der Waals surface area contributed by atoms with Crippen LogP contribution in [0.25, 0.3) is 11.1 Å². The van der Waals surface area contributed by atoms with Gasteiger partial charge >= 0.3 is 18.1 Å². The summed E-state index contributed by atoms with van der Waals surface area (Å²) in [6.45, 7) is 2.05. The second-order valence-electron chi connectivity index (χ2n) is 11.1. The molecule has 0 aliphatic heterocycles. The van der Waals surface area contributed by atoms with Crippen LogP contribution in [-0.2, 0) is 19.2 Å². The molecular formula is C36H35F3N4O6. The number of hydrogen-bond donors (Lipinski definition) is 3. The number of nitrogens with one attached hydrogen (secondary N) is 2. The van der Waals surface area contributed by atoms with E-state index in [0.29, 0.717) is 30.8 Å². The molecular weight excluding hydrogens is 641 g/mol. The number of anilines is 2. The van der Waals surface area contributed by atoms with Crippen molar-refractivity contribution in [1.29, 1.82) is 0 Å². The number of rotatable bonds is 15. The first-order chi connectivity index (χ1) is 23.4. The second kappa shape index (κ2) is 16.9. The zero-order valence-electron chi connectivity index (χ0n) is 26.5. The smallest absolute Gasteiger partial charge is 0.481 e. The number of esters is 1. The van der Waals surface area contributed by atoms with Crippen LogP contribution in [0.2, 0.25) is 0 Å². The van der Waals surface area contributed by atoms with Crippen LogP contribution in [0.15, 0.2) is 103 Å². The van der Waals surface area contributed by atoms with E-state index in [1.165, 1.54) is 24.0 Å². The predicted molar refractivity (Wildman–Crippen MR) is 177 cm³/mol. The zero-order chi connectivity index (χ0) is 35.4. The number of carboxylic acid groups (broad SMARTS) is 1. The second-order valence-corrected chi connectivity index (χ2v) is 11.1. The number of nitrogens with zero attached hydrogens (tertiary/aromatic N) is 2.